The molecule has 1 heterocycles. The summed E-state index contributed by atoms with van der Waals surface area (Å²) in [5.74, 6) is 2.35. The Labute approximate surface area is 160 Å². The second kappa shape index (κ2) is 9.57. The van der Waals surface area contributed by atoms with Crippen molar-refractivity contribution in [1.82, 2.24) is 9.97 Å². The summed E-state index contributed by atoms with van der Waals surface area (Å²) in [5, 5.41) is 6.68. The van der Waals surface area contributed by atoms with E-state index in [4.69, 9.17) is 4.74 Å². The van der Waals surface area contributed by atoms with Crippen LogP contribution in [0.5, 0.6) is 5.75 Å². The Balaban J connectivity index is 1.56. The summed E-state index contributed by atoms with van der Waals surface area (Å²) in [7, 11) is 0. The maximum absolute atomic E-state index is 5.85. The average Bonchev–Trinajstić information content (AvgIpc) is 2.68. The van der Waals surface area contributed by atoms with E-state index in [1.165, 1.54) is 5.56 Å². The van der Waals surface area contributed by atoms with E-state index in [-0.39, 0.29) is 6.10 Å². The third-order valence-electron chi connectivity index (χ3n) is 3.97. The van der Waals surface area contributed by atoms with Gasteiger partial charge in [0.25, 0.3) is 0 Å². The summed E-state index contributed by atoms with van der Waals surface area (Å²) < 4.78 is 5.85. The van der Waals surface area contributed by atoms with Crippen molar-refractivity contribution in [2.45, 2.75) is 32.8 Å². The summed E-state index contributed by atoms with van der Waals surface area (Å²) >= 11 is 0. The third-order valence-corrected chi connectivity index (χ3v) is 3.97. The molecule has 0 atom stereocenters. The van der Waals surface area contributed by atoms with Gasteiger partial charge in [-0.1, -0.05) is 42.5 Å². The second-order valence-corrected chi connectivity index (χ2v) is 6.59. The highest BCUT2D eigenvalue weighted by Gasteiger charge is 2.06. The number of aromatic nitrogens is 2. The molecule has 2 N–H and O–H groups in total. The minimum absolute atomic E-state index is 0.111. The Morgan fingerprint density at radius 2 is 1.67 bits per heavy atom. The average molecular weight is 362 g/mol. The SMILES string of the molecule is CC(C)Oc1ccccc1Nc1cc(NCCCc2ccccc2)ncn1. The first-order chi connectivity index (χ1) is 13.2. The van der Waals surface area contributed by atoms with Gasteiger partial charge in [0.1, 0.15) is 23.7 Å². The highest BCUT2D eigenvalue weighted by molar-refractivity contribution is 5.65. The molecule has 140 valence electrons. The van der Waals surface area contributed by atoms with Crippen LogP contribution in [0.4, 0.5) is 17.3 Å². The first kappa shape index (κ1) is 18.7. The van der Waals surface area contributed by atoms with Gasteiger partial charge in [-0.25, -0.2) is 9.97 Å². The predicted molar refractivity (Wildman–Crippen MR) is 111 cm³/mol. The monoisotopic (exact) mass is 362 g/mol. The molecule has 0 radical (unpaired) electrons. The molecule has 0 amide bonds. The number of aryl methyl sites for hydroxylation is 1. The van der Waals surface area contributed by atoms with E-state index in [2.05, 4.69) is 44.9 Å². The molecule has 2 aromatic carbocycles. The quantitative estimate of drug-likeness (QED) is 0.522. The number of anilines is 3. The van der Waals surface area contributed by atoms with Crippen molar-refractivity contribution < 1.29 is 4.74 Å². The number of para-hydroxylation sites is 2. The lowest BCUT2D eigenvalue weighted by Crippen LogP contribution is -2.08. The number of hydrogen-bond acceptors (Lipinski definition) is 5. The highest BCUT2D eigenvalue weighted by atomic mass is 16.5. The van der Waals surface area contributed by atoms with Crippen molar-refractivity contribution in [3.63, 3.8) is 0 Å². The standard InChI is InChI=1S/C22H26N4O/c1-17(2)27-20-13-7-6-12-19(20)26-22-15-21(24-16-25-22)23-14-8-11-18-9-4-3-5-10-18/h3-7,9-10,12-13,15-17H,8,11,14H2,1-2H3,(H2,23,24,25,26). The molecule has 0 aliphatic rings. The van der Waals surface area contributed by atoms with Gasteiger partial charge in [-0.2, -0.15) is 0 Å². The first-order valence-corrected chi connectivity index (χ1v) is 9.33. The number of benzene rings is 2. The molecule has 0 aliphatic carbocycles. The summed E-state index contributed by atoms with van der Waals surface area (Å²) in [6.07, 6.45) is 3.76. The van der Waals surface area contributed by atoms with Crippen LogP contribution in [0.1, 0.15) is 25.8 Å². The van der Waals surface area contributed by atoms with Crippen LogP contribution < -0.4 is 15.4 Å². The number of nitrogens with zero attached hydrogens (tertiary/aromatic N) is 2. The zero-order valence-corrected chi connectivity index (χ0v) is 15.9. The van der Waals surface area contributed by atoms with E-state index < -0.39 is 0 Å². The molecule has 0 fully saturated rings. The minimum atomic E-state index is 0.111. The predicted octanol–water partition coefficient (Wildman–Crippen LogP) is 5.05. The van der Waals surface area contributed by atoms with Gasteiger partial charge in [0.2, 0.25) is 0 Å². The number of nitrogens with one attached hydrogen (secondary N) is 2. The number of hydrogen-bond donors (Lipinski definition) is 2. The maximum atomic E-state index is 5.85. The van der Waals surface area contributed by atoms with E-state index in [9.17, 15) is 0 Å². The summed E-state index contributed by atoms with van der Waals surface area (Å²) in [6.45, 7) is 4.89. The molecule has 0 unspecified atom stereocenters. The van der Waals surface area contributed by atoms with E-state index in [0.717, 1.165) is 42.5 Å². The molecular formula is C22H26N4O. The lowest BCUT2D eigenvalue weighted by Gasteiger charge is -2.15. The van der Waals surface area contributed by atoms with Crippen LogP contribution in [0.25, 0.3) is 0 Å². The molecule has 27 heavy (non-hydrogen) atoms. The second-order valence-electron chi connectivity index (χ2n) is 6.59. The Morgan fingerprint density at radius 3 is 2.48 bits per heavy atom. The van der Waals surface area contributed by atoms with Crippen LogP contribution in [0.3, 0.4) is 0 Å². The van der Waals surface area contributed by atoms with Crippen molar-refractivity contribution in [2.24, 2.45) is 0 Å². The number of rotatable bonds is 9. The van der Waals surface area contributed by atoms with Crippen LogP contribution in [0, 0.1) is 0 Å². The first-order valence-electron chi connectivity index (χ1n) is 9.33. The van der Waals surface area contributed by atoms with Crippen LogP contribution in [0.2, 0.25) is 0 Å². The molecule has 3 rings (SSSR count). The molecule has 0 aliphatic heterocycles. The van der Waals surface area contributed by atoms with Crippen LogP contribution in [-0.2, 0) is 6.42 Å². The van der Waals surface area contributed by atoms with Crippen LogP contribution in [-0.4, -0.2) is 22.6 Å². The molecule has 0 spiro atoms. The summed E-state index contributed by atoms with van der Waals surface area (Å²) in [5.41, 5.74) is 2.24. The molecule has 0 saturated heterocycles. The highest BCUT2D eigenvalue weighted by Crippen LogP contribution is 2.27. The summed E-state index contributed by atoms with van der Waals surface area (Å²) in [4.78, 5) is 8.62. The fourth-order valence-electron chi connectivity index (χ4n) is 2.74. The topological polar surface area (TPSA) is 59.1 Å². The summed E-state index contributed by atoms with van der Waals surface area (Å²) in [6, 6.07) is 20.3. The van der Waals surface area contributed by atoms with Gasteiger partial charge >= 0.3 is 0 Å². The Hall–Kier alpha value is -3.08. The van der Waals surface area contributed by atoms with Crippen molar-refractivity contribution >= 4 is 17.3 Å². The van der Waals surface area contributed by atoms with Gasteiger partial charge in [-0.05, 0) is 44.4 Å². The molecule has 0 bridgehead atoms. The fourth-order valence-corrected chi connectivity index (χ4v) is 2.74. The Morgan fingerprint density at radius 1 is 0.926 bits per heavy atom. The maximum Gasteiger partial charge on any atom is 0.143 e. The van der Waals surface area contributed by atoms with E-state index in [1.807, 2.05) is 50.2 Å². The van der Waals surface area contributed by atoms with Gasteiger partial charge in [0.05, 0.1) is 11.8 Å². The van der Waals surface area contributed by atoms with Crippen LogP contribution in [0.15, 0.2) is 67.0 Å². The smallest absolute Gasteiger partial charge is 0.143 e. The lowest BCUT2D eigenvalue weighted by atomic mass is 10.1. The lowest BCUT2D eigenvalue weighted by molar-refractivity contribution is 0.244. The van der Waals surface area contributed by atoms with Crippen molar-refractivity contribution in [1.29, 1.82) is 0 Å². The largest absolute Gasteiger partial charge is 0.489 e. The van der Waals surface area contributed by atoms with E-state index >= 15 is 0 Å². The normalized spacial score (nSPS) is 10.6. The third kappa shape index (κ3) is 5.99. The molecule has 0 saturated carbocycles. The fraction of sp³-hybridized carbons (Fsp3) is 0.273. The van der Waals surface area contributed by atoms with Crippen molar-refractivity contribution in [2.75, 3.05) is 17.2 Å². The van der Waals surface area contributed by atoms with Crippen molar-refractivity contribution in [3.05, 3.63) is 72.6 Å². The van der Waals surface area contributed by atoms with Crippen molar-refractivity contribution in [3.8, 4) is 5.75 Å². The Bertz CT molecular complexity index is 836. The van der Waals surface area contributed by atoms with Crippen LogP contribution >= 0.6 is 0 Å². The van der Waals surface area contributed by atoms with E-state index in [0.29, 0.717) is 0 Å². The molecule has 5 nitrogen and oxygen atoms in total. The number of ether oxygens (including phenoxy) is 1. The Kier molecular flexibility index (Phi) is 6.63. The zero-order chi connectivity index (χ0) is 18.9. The van der Waals surface area contributed by atoms with Gasteiger partial charge in [0.15, 0.2) is 0 Å². The molecule has 3 aromatic rings. The molecule has 1 aromatic heterocycles. The minimum Gasteiger partial charge on any atom is -0.489 e. The molecule has 5 heteroatoms. The van der Waals surface area contributed by atoms with Gasteiger partial charge < -0.3 is 15.4 Å². The van der Waals surface area contributed by atoms with Gasteiger partial charge in [0, 0.05) is 12.6 Å². The van der Waals surface area contributed by atoms with Gasteiger partial charge in [-0.3, -0.25) is 0 Å². The van der Waals surface area contributed by atoms with E-state index in [1.54, 1.807) is 6.33 Å². The molecular weight excluding hydrogens is 336 g/mol. The zero-order valence-electron chi connectivity index (χ0n) is 15.9. The van der Waals surface area contributed by atoms with Gasteiger partial charge in [-0.15, -0.1) is 0 Å².